The van der Waals surface area contributed by atoms with Gasteiger partial charge >= 0.3 is 0 Å². The molecule has 0 aliphatic carbocycles. The predicted molar refractivity (Wildman–Crippen MR) is 84.3 cm³/mol. The van der Waals surface area contributed by atoms with Crippen LogP contribution in [0.25, 0.3) is 0 Å². The quantitative estimate of drug-likeness (QED) is 0.717. The number of hydrogen-bond donors (Lipinski definition) is 2. The maximum absolute atomic E-state index is 12.4. The Morgan fingerprint density at radius 1 is 1.29 bits per heavy atom. The highest BCUT2D eigenvalue weighted by atomic mass is 35.5. The average molecular weight is 335 g/mol. The van der Waals surface area contributed by atoms with Crippen molar-refractivity contribution < 1.29 is 18.6 Å². The van der Waals surface area contributed by atoms with E-state index in [1.807, 2.05) is 6.92 Å². The molecule has 0 saturated carbocycles. The summed E-state index contributed by atoms with van der Waals surface area (Å²) in [6.07, 6.45) is 3.22. The standard InChI is InChI=1S/C15H23ClO4S/c1-3-4-5-6-12-13(8-7-11(2)15(12)16)21(19,20)14(18)9-10-17/h7-8,14,17-18H,3-6,9-10H2,1-2H3. The Labute approximate surface area is 131 Å². The van der Waals surface area contributed by atoms with Gasteiger partial charge in [0.2, 0.25) is 9.84 Å². The Bertz CT molecular complexity index is 569. The van der Waals surface area contributed by atoms with Crippen molar-refractivity contribution in [3.8, 4) is 0 Å². The van der Waals surface area contributed by atoms with Crippen molar-refractivity contribution in [1.29, 1.82) is 0 Å². The molecule has 2 N–H and O–H groups in total. The highest BCUT2D eigenvalue weighted by Gasteiger charge is 2.28. The molecule has 120 valence electrons. The van der Waals surface area contributed by atoms with Crippen LogP contribution in [0.1, 0.15) is 43.7 Å². The number of hydrogen-bond acceptors (Lipinski definition) is 4. The third kappa shape index (κ3) is 4.42. The van der Waals surface area contributed by atoms with Gasteiger partial charge in [0.1, 0.15) is 0 Å². The second kappa shape index (κ2) is 8.13. The molecule has 4 nitrogen and oxygen atoms in total. The van der Waals surface area contributed by atoms with Crippen LogP contribution in [0.15, 0.2) is 17.0 Å². The van der Waals surface area contributed by atoms with Gasteiger partial charge in [-0.1, -0.05) is 37.4 Å². The van der Waals surface area contributed by atoms with Gasteiger partial charge in [0.05, 0.1) is 4.90 Å². The molecular formula is C15H23ClO4S. The van der Waals surface area contributed by atoms with Crippen LogP contribution in [-0.4, -0.2) is 30.7 Å². The van der Waals surface area contributed by atoms with Crippen LogP contribution >= 0.6 is 11.6 Å². The second-order valence-corrected chi connectivity index (χ2v) is 7.59. The van der Waals surface area contributed by atoms with Crippen molar-refractivity contribution >= 4 is 21.4 Å². The fourth-order valence-corrected chi connectivity index (χ4v) is 4.01. The number of benzene rings is 1. The van der Waals surface area contributed by atoms with Crippen molar-refractivity contribution in [3.05, 3.63) is 28.3 Å². The summed E-state index contributed by atoms with van der Waals surface area (Å²) in [6, 6.07) is 3.14. The topological polar surface area (TPSA) is 74.6 Å². The molecule has 1 aromatic carbocycles. The van der Waals surface area contributed by atoms with E-state index in [0.717, 1.165) is 24.8 Å². The van der Waals surface area contributed by atoms with Gasteiger partial charge in [0.15, 0.2) is 5.44 Å². The summed E-state index contributed by atoms with van der Waals surface area (Å²) in [5.41, 5.74) is -0.216. The van der Waals surface area contributed by atoms with Crippen molar-refractivity contribution in [1.82, 2.24) is 0 Å². The maximum Gasteiger partial charge on any atom is 0.205 e. The summed E-state index contributed by atoms with van der Waals surface area (Å²) in [5.74, 6) is 0. The van der Waals surface area contributed by atoms with Crippen molar-refractivity contribution in [2.45, 2.75) is 56.3 Å². The van der Waals surface area contributed by atoms with Crippen LogP contribution in [0.3, 0.4) is 0 Å². The van der Waals surface area contributed by atoms with Gasteiger partial charge in [0.25, 0.3) is 0 Å². The SMILES string of the molecule is CCCCCc1c(S(=O)(=O)C(O)CCO)ccc(C)c1Cl. The molecule has 0 amide bonds. The van der Waals surface area contributed by atoms with E-state index in [0.29, 0.717) is 17.0 Å². The van der Waals surface area contributed by atoms with Crippen molar-refractivity contribution in [2.75, 3.05) is 6.61 Å². The third-order valence-corrected chi connectivity index (χ3v) is 5.94. The molecule has 1 unspecified atom stereocenters. The zero-order valence-corrected chi connectivity index (χ0v) is 14.0. The molecule has 21 heavy (non-hydrogen) atoms. The molecule has 0 bridgehead atoms. The lowest BCUT2D eigenvalue weighted by molar-refractivity contribution is 0.189. The molecule has 1 atom stereocenters. The van der Waals surface area contributed by atoms with Crippen LogP contribution in [0.5, 0.6) is 0 Å². The van der Waals surface area contributed by atoms with Crippen LogP contribution in [-0.2, 0) is 16.3 Å². The molecule has 0 saturated heterocycles. The number of unbranched alkanes of at least 4 members (excludes halogenated alkanes) is 2. The van der Waals surface area contributed by atoms with Gasteiger partial charge < -0.3 is 10.2 Å². The molecule has 1 rings (SSSR count). The van der Waals surface area contributed by atoms with Gasteiger partial charge in [-0.3, -0.25) is 0 Å². The van der Waals surface area contributed by atoms with E-state index in [1.165, 1.54) is 6.07 Å². The first kappa shape index (κ1) is 18.4. The first-order chi connectivity index (χ1) is 9.86. The Kier molecular flexibility index (Phi) is 7.13. The lowest BCUT2D eigenvalue weighted by atomic mass is 10.0. The first-order valence-corrected chi connectivity index (χ1v) is 9.09. The first-order valence-electron chi connectivity index (χ1n) is 7.17. The van der Waals surface area contributed by atoms with Crippen molar-refractivity contribution in [3.63, 3.8) is 0 Å². The summed E-state index contributed by atoms with van der Waals surface area (Å²) in [7, 11) is -3.90. The van der Waals surface area contributed by atoms with Crippen LogP contribution in [0.2, 0.25) is 5.02 Å². The summed E-state index contributed by atoms with van der Waals surface area (Å²) in [4.78, 5) is 0.0788. The molecule has 0 aliphatic heterocycles. The normalized spacial score (nSPS) is 13.4. The minimum Gasteiger partial charge on any atom is -0.396 e. The van der Waals surface area contributed by atoms with Crippen LogP contribution in [0.4, 0.5) is 0 Å². The van der Waals surface area contributed by atoms with Gasteiger partial charge in [0, 0.05) is 18.1 Å². The Morgan fingerprint density at radius 3 is 2.52 bits per heavy atom. The third-order valence-electron chi connectivity index (χ3n) is 3.46. The average Bonchev–Trinajstić information content (AvgIpc) is 2.43. The fraction of sp³-hybridized carbons (Fsp3) is 0.600. The van der Waals surface area contributed by atoms with E-state index in [4.69, 9.17) is 16.7 Å². The van der Waals surface area contributed by atoms with E-state index >= 15 is 0 Å². The number of aliphatic hydroxyl groups excluding tert-OH is 2. The minimum atomic E-state index is -3.90. The van der Waals surface area contributed by atoms with Gasteiger partial charge in [-0.05, 0) is 37.0 Å². The molecule has 0 heterocycles. The fourth-order valence-electron chi connectivity index (χ4n) is 2.18. The zero-order valence-electron chi connectivity index (χ0n) is 12.5. The lowest BCUT2D eigenvalue weighted by Gasteiger charge is -2.17. The van der Waals surface area contributed by atoms with Crippen molar-refractivity contribution in [2.24, 2.45) is 0 Å². The van der Waals surface area contributed by atoms with E-state index in [1.54, 1.807) is 6.07 Å². The Morgan fingerprint density at radius 2 is 1.95 bits per heavy atom. The molecule has 0 spiro atoms. The smallest absolute Gasteiger partial charge is 0.205 e. The van der Waals surface area contributed by atoms with E-state index in [-0.39, 0.29) is 17.9 Å². The summed E-state index contributed by atoms with van der Waals surface area (Å²) < 4.78 is 24.8. The summed E-state index contributed by atoms with van der Waals surface area (Å²) in [5, 5.41) is 19.1. The zero-order chi connectivity index (χ0) is 16.0. The van der Waals surface area contributed by atoms with Gasteiger partial charge in [-0.25, -0.2) is 8.42 Å². The van der Waals surface area contributed by atoms with Crippen LogP contribution < -0.4 is 0 Å². The van der Waals surface area contributed by atoms with Gasteiger partial charge in [-0.2, -0.15) is 0 Å². The predicted octanol–water partition coefficient (Wildman–Crippen LogP) is 2.86. The number of sulfone groups is 1. The molecule has 0 aliphatic rings. The monoisotopic (exact) mass is 334 g/mol. The van der Waals surface area contributed by atoms with Gasteiger partial charge in [-0.15, -0.1) is 0 Å². The molecule has 0 fully saturated rings. The Hall–Kier alpha value is -0.620. The molecule has 1 aromatic rings. The molecule has 6 heteroatoms. The van der Waals surface area contributed by atoms with E-state index < -0.39 is 15.3 Å². The Balaban J connectivity index is 3.25. The minimum absolute atomic E-state index is 0.0788. The number of halogens is 1. The lowest BCUT2D eigenvalue weighted by Crippen LogP contribution is -2.23. The van der Waals surface area contributed by atoms with E-state index in [2.05, 4.69) is 6.92 Å². The summed E-state index contributed by atoms with van der Waals surface area (Å²) >= 11 is 6.27. The molecule has 0 aromatic heterocycles. The second-order valence-electron chi connectivity index (χ2n) is 5.14. The van der Waals surface area contributed by atoms with E-state index in [9.17, 15) is 13.5 Å². The number of rotatable bonds is 8. The highest BCUT2D eigenvalue weighted by Crippen LogP contribution is 2.31. The highest BCUT2D eigenvalue weighted by molar-refractivity contribution is 7.92. The largest absolute Gasteiger partial charge is 0.396 e. The van der Waals surface area contributed by atoms with Crippen LogP contribution in [0, 0.1) is 6.92 Å². The number of aryl methyl sites for hydroxylation is 1. The molecule has 0 radical (unpaired) electrons. The molecular weight excluding hydrogens is 312 g/mol. The number of aliphatic hydroxyl groups is 2. The summed E-state index contributed by atoms with van der Waals surface area (Å²) in [6.45, 7) is 3.51. The maximum atomic E-state index is 12.4.